The predicted molar refractivity (Wildman–Crippen MR) is 116 cm³/mol. The van der Waals surface area contributed by atoms with Crippen LogP contribution in [-0.4, -0.2) is 52.2 Å². The lowest BCUT2D eigenvalue weighted by atomic mass is 9.97. The third-order valence-electron chi connectivity index (χ3n) is 5.25. The minimum atomic E-state index is -3.75. The molecule has 1 saturated heterocycles. The monoisotopic (exact) mass is 464 g/mol. The Hall–Kier alpha value is -2.56. The van der Waals surface area contributed by atoms with Gasteiger partial charge in [0.05, 0.1) is 9.79 Å². The number of hydrogen-bond donors (Lipinski definition) is 1. The fourth-order valence-corrected chi connectivity index (χ4v) is 5.56. The van der Waals surface area contributed by atoms with Crippen LogP contribution in [0.2, 0.25) is 0 Å². The van der Waals surface area contributed by atoms with Crippen LogP contribution in [0.5, 0.6) is 0 Å². The van der Waals surface area contributed by atoms with Gasteiger partial charge in [0.1, 0.15) is 0 Å². The van der Waals surface area contributed by atoms with E-state index in [1.54, 1.807) is 12.1 Å². The van der Waals surface area contributed by atoms with E-state index in [0.717, 1.165) is 6.26 Å². The number of sulfone groups is 1. The molecule has 1 amide bonds. The summed E-state index contributed by atoms with van der Waals surface area (Å²) in [7, 11) is -7.07. The highest BCUT2D eigenvalue weighted by atomic mass is 32.2. The van der Waals surface area contributed by atoms with Crippen molar-refractivity contribution in [2.24, 2.45) is 5.92 Å². The Labute approximate surface area is 182 Å². The molecule has 31 heavy (non-hydrogen) atoms. The average Bonchev–Trinajstić information content (AvgIpc) is 2.73. The van der Waals surface area contributed by atoms with Crippen molar-refractivity contribution in [1.29, 1.82) is 0 Å². The van der Waals surface area contributed by atoms with E-state index in [4.69, 9.17) is 0 Å². The third kappa shape index (κ3) is 5.38. The first-order chi connectivity index (χ1) is 14.5. The second kappa shape index (κ2) is 8.89. The number of hydrogen-bond acceptors (Lipinski definition) is 6. The van der Waals surface area contributed by atoms with Gasteiger partial charge < -0.3 is 5.32 Å². The van der Waals surface area contributed by atoms with Gasteiger partial charge in [-0.15, -0.1) is 0 Å². The summed E-state index contributed by atoms with van der Waals surface area (Å²) in [4.78, 5) is 24.3. The fourth-order valence-electron chi connectivity index (χ4n) is 3.41. The van der Waals surface area contributed by atoms with E-state index in [1.165, 1.54) is 47.6 Å². The number of benzene rings is 2. The van der Waals surface area contributed by atoms with E-state index in [0.29, 0.717) is 24.1 Å². The van der Waals surface area contributed by atoms with Crippen LogP contribution in [0, 0.1) is 5.92 Å². The normalized spacial score (nSPS) is 16.1. The first-order valence-corrected chi connectivity index (χ1v) is 13.0. The van der Waals surface area contributed by atoms with Crippen LogP contribution in [0.3, 0.4) is 0 Å². The number of piperidine rings is 1. The lowest BCUT2D eigenvalue weighted by Gasteiger charge is -2.30. The molecule has 8 nitrogen and oxygen atoms in total. The maximum Gasteiger partial charge on any atom is 0.243 e. The molecule has 2 aromatic carbocycles. The van der Waals surface area contributed by atoms with Crippen LogP contribution in [0.1, 0.15) is 30.1 Å². The minimum absolute atomic E-state index is 0.0640. The number of nitrogens with zero attached hydrogens (tertiary/aromatic N) is 1. The summed E-state index contributed by atoms with van der Waals surface area (Å²) in [5.74, 6) is -0.802. The van der Waals surface area contributed by atoms with E-state index in [2.05, 4.69) is 5.32 Å². The first kappa shape index (κ1) is 23.1. The van der Waals surface area contributed by atoms with E-state index in [9.17, 15) is 26.4 Å². The van der Waals surface area contributed by atoms with Crippen molar-refractivity contribution in [2.75, 3.05) is 24.7 Å². The Morgan fingerprint density at radius 3 is 2.10 bits per heavy atom. The highest BCUT2D eigenvalue weighted by Gasteiger charge is 2.32. The number of rotatable bonds is 6. The van der Waals surface area contributed by atoms with E-state index >= 15 is 0 Å². The molecule has 0 aromatic heterocycles. The van der Waals surface area contributed by atoms with E-state index in [-0.39, 0.29) is 40.5 Å². The molecular weight excluding hydrogens is 440 g/mol. The summed E-state index contributed by atoms with van der Waals surface area (Å²) >= 11 is 0. The topological polar surface area (TPSA) is 118 Å². The second-order valence-electron chi connectivity index (χ2n) is 7.55. The van der Waals surface area contributed by atoms with Crippen molar-refractivity contribution in [3.8, 4) is 0 Å². The first-order valence-electron chi connectivity index (χ1n) is 9.70. The Kier molecular flexibility index (Phi) is 6.63. The summed E-state index contributed by atoms with van der Waals surface area (Å²) in [6, 6.07) is 11.8. The number of nitrogens with one attached hydrogen (secondary N) is 1. The number of sulfonamides is 1. The predicted octanol–water partition coefficient (Wildman–Crippen LogP) is 2.33. The van der Waals surface area contributed by atoms with Crippen LogP contribution < -0.4 is 5.32 Å². The quantitative estimate of drug-likeness (QED) is 0.656. The number of carbonyl (C=O) groups is 2. The highest BCUT2D eigenvalue weighted by molar-refractivity contribution is 7.90. The molecule has 0 bridgehead atoms. The molecule has 0 spiro atoms. The highest BCUT2D eigenvalue weighted by Crippen LogP contribution is 2.25. The van der Waals surface area contributed by atoms with Crippen LogP contribution in [0.15, 0.2) is 58.3 Å². The molecule has 10 heteroatoms. The Balaban J connectivity index is 1.63. The summed E-state index contributed by atoms with van der Waals surface area (Å²) < 4.78 is 50.2. The maximum absolute atomic E-state index is 12.9. The van der Waals surface area contributed by atoms with Crippen LogP contribution >= 0.6 is 0 Å². The number of anilines is 1. The number of ketones is 1. The van der Waals surface area contributed by atoms with Gasteiger partial charge in [-0.25, -0.2) is 16.8 Å². The van der Waals surface area contributed by atoms with Crippen molar-refractivity contribution in [2.45, 2.75) is 29.6 Å². The van der Waals surface area contributed by atoms with Gasteiger partial charge in [-0.2, -0.15) is 4.31 Å². The molecule has 1 N–H and O–H groups in total. The lowest BCUT2D eigenvalue weighted by Crippen LogP contribution is -2.41. The number of amides is 1. The molecule has 0 unspecified atom stereocenters. The van der Waals surface area contributed by atoms with Crippen molar-refractivity contribution in [3.63, 3.8) is 0 Å². The number of Topliss-reactive ketones (excluding diaryl/α,β-unsaturated/α-hetero) is 1. The zero-order chi connectivity index (χ0) is 22.8. The van der Waals surface area contributed by atoms with Gasteiger partial charge in [0.2, 0.25) is 15.9 Å². The zero-order valence-corrected chi connectivity index (χ0v) is 18.9. The van der Waals surface area contributed by atoms with Crippen LogP contribution in [0.25, 0.3) is 0 Å². The molecule has 2 aromatic rings. The van der Waals surface area contributed by atoms with Gasteiger partial charge in [0.25, 0.3) is 0 Å². The van der Waals surface area contributed by atoms with Crippen molar-refractivity contribution in [1.82, 2.24) is 4.31 Å². The SMILES string of the molecule is CC(=O)c1cccc(S(=O)(=O)N2CCC(C(=O)Nc3ccc(S(C)(=O)=O)cc3)CC2)c1. The van der Waals surface area contributed by atoms with Crippen molar-refractivity contribution >= 4 is 37.2 Å². The molecule has 166 valence electrons. The van der Waals surface area contributed by atoms with Gasteiger partial charge in [0.15, 0.2) is 15.6 Å². The molecule has 1 aliphatic heterocycles. The standard InChI is InChI=1S/C21H24N2O6S2/c1-15(24)17-4-3-5-20(14-17)31(28,29)23-12-10-16(11-13-23)21(25)22-18-6-8-19(9-7-18)30(2,26)27/h3-9,14,16H,10-13H2,1-2H3,(H,22,25). The Morgan fingerprint density at radius 1 is 0.935 bits per heavy atom. The smallest absolute Gasteiger partial charge is 0.243 e. The van der Waals surface area contributed by atoms with Gasteiger partial charge in [-0.3, -0.25) is 9.59 Å². The van der Waals surface area contributed by atoms with Crippen LogP contribution in [-0.2, 0) is 24.7 Å². The molecular formula is C21H24N2O6S2. The van der Waals surface area contributed by atoms with E-state index in [1.807, 2.05) is 0 Å². The van der Waals surface area contributed by atoms with E-state index < -0.39 is 19.9 Å². The second-order valence-corrected chi connectivity index (χ2v) is 11.5. The largest absolute Gasteiger partial charge is 0.326 e. The molecule has 3 rings (SSSR count). The Morgan fingerprint density at radius 2 is 1.55 bits per heavy atom. The summed E-state index contributed by atoms with van der Waals surface area (Å²) in [5, 5.41) is 2.76. The number of carbonyl (C=O) groups excluding carboxylic acids is 2. The van der Waals surface area contributed by atoms with Crippen LogP contribution in [0.4, 0.5) is 5.69 Å². The zero-order valence-electron chi connectivity index (χ0n) is 17.2. The van der Waals surface area contributed by atoms with Gasteiger partial charge in [-0.05, 0) is 56.2 Å². The molecule has 0 radical (unpaired) electrons. The summed E-state index contributed by atoms with van der Waals surface area (Å²) in [5.41, 5.74) is 0.811. The molecule has 1 fully saturated rings. The Bertz CT molecular complexity index is 1200. The maximum atomic E-state index is 12.9. The average molecular weight is 465 g/mol. The fraction of sp³-hybridized carbons (Fsp3) is 0.333. The van der Waals surface area contributed by atoms with Crippen molar-refractivity contribution < 1.29 is 26.4 Å². The van der Waals surface area contributed by atoms with Crippen molar-refractivity contribution in [3.05, 3.63) is 54.1 Å². The minimum Gasteiger partial charge on any atom is -0.326 e. The lowest BCUT2D eigenvalue weighted by molar-refractivity contribution is -0.120. The third-order valence-corrected chi connectivity index (χ3v) is 8.28. The van der Waals surface area contributed by atoms with Gasteiger partial charge in [-0.1, -0.05) is 12.1 Å². The molecule has 0 atom stereocenters. The molecule has 1 heterocycles. The summed E-state index contributed by atoms with van der Waals surface area (Å²) in [6.07, 6.45) is 1.83. The summed E-state index contributed by atoms with van der Waals surface area (Å²) in [6.45, 7) is 1.76. The molecule has 1 aliphatic rings. The molecule has 0 saturated carbocycles. The van der Waals surface area contributed by atoms with Gasteiger partial charge >= 0.3 is 0 Å². The molecule has 0 aliphatic carbocycles. The van der Waals surface area contributed by atoms with Gasteiger partial charge in [0, 0.05) is 36.5 Å².